The van der Waals surface area contributed by atoms with E-state index in [0.717, 1.165) is 28.1 Å². The quantitative estimate of drug-likeness (QED) is 0.883. The predicted molar refractivity (Wildman–Crippen MR) is 89.2 cm³/mol. The van der Waals surface area contributed by atoms with Crippen LogP contribution in [0.25, 0.3) is 0 Å². The van der Waals surface area contributed by atoms with Crippen molar-refractivity contribution in [1.29, 1.82) is 0 Å². The number of carbonyl (C=O) groups is 1. The van der Waals surface area contributed by atoms with Crippen LogP contribution in [0.1, 0.15) is 16.7 Å². The molecule has 0 aliphatic rings. The van der Waals surface area contributed by atoms with Gasteiger partial charge < -0.3 is 10.6 Å². The Kier molecular flexibility index (Phi) is 4.86. The standard InChI is InChI=1S/C17H19ClN2O/c1-11-4-5-12(2)16(8-11)20-17(21)10-19-15-7-6-14(18)9-13(15)3/h4-9,19H,10H2,1-3H3,(H,20,21). The summed E-state index contributed by atoms with van der Waals surface area (Å²) < 4.78 is 0. The average Bonchev–Trinajstić information content (AvgIpc) is 2.42. The van der Waals surface area contributed by atoms with Gasteiger partial charge in [0.25, 0.3) is 0 Å². The zero-order chi connectivity index (χ0) is 15.4. The second kappa shape index (κ2) is 6.64. The number of benzene rings is 2. The largest absolute Gasteiger partial charge is 0.376 e. The molecule has 2 rings (SSSR count). The lowest BCUT2D eigenvalue weighted by Crippen LogP contribution is -2.22. The molecule has 0 fully saturated rings. The molecule has 0 atom stereocenters. The van der Waals surface area contributed by atoms with Gasteiger partial charge in [-0.3, -0.25) is 4.79 Å². The lowest BCUT2D eigenvalue weighted by molar-refractivity contribution is -0.114. The zero-order valence-electron chi connectivity index (χ0n) is 12.5. The molecule has 0 radical (unpaired) electrons. The summed E-state index contributed by atoms with van der Waals surface area (Å²) in [5, 5.41) is 6.74. The monoisotopic (exact) mass is 302 g/mol. The molecule has 2 N–H and O–H groups in total. The van der Waals surface area contributed by atoms with Gasteiger partial charge in [0.15, 0.2) is 0 Å². The first-order chi connectivity index (χ1) is 9.95. The van der Waals surface area contributed by atoms with Crippen LogP contribution in [0.5, 0.6) is 0 Å². The fourth-order valence-electron chi connectivity index (χ4n) is 2.07. The molecule has 0 saturated heterocycles. The van der Waals surface area contributed by atoms with Crippen LogP contribution in [-0.2, 0) is 4.79 Å². The SMILES string of the molecule is Cc1ccc(C)c(NC(=O)CNc2ccc(Cl)cc2C)c1. The minimum atomic E-state index is -0.0712. The van der Waals surface area contributed by atoms with Gasteiger partial charge >= 0.3 is 0 Å². The highest BCUT2D eigenvalue weighted by atomic mass is 35.5. The second-order valence-corrected chi connectivity index (χ2v) is 5.62. The van der Waals surface area contributed by atoms with Gasteiger partial charge in [-0.2, -0.15) is 0 Å². The third-order valence-electron chi connectivity index (χ3n) is 3.30. The van der Waals surface area contributed by atoms with Crippen molar-refractivity contribution in [3.8, 4) is 0 Å². The first kappa shape index (κ1) is 15.4. The summed E-state index contributed by atoms with van der Waals surface area (Å²) in [6.45, 7) is 6.16. The van der Waals surface area contributed by atoms with E-state index < -0.39 is 0 Å². The number of carbonyl (C=O) groups excluding carboxylic acids is 1. The summed E-state index contributed by atoms with van der Waals surface area (Å²) in [6, 6.07) is 11.6. The van der Waals surface area contributed by atoms with Gasteiger partial charge in [-0.05, 0) is 61.7 Å². The maximum atomic E-state index is 12.0. The van der Waals surface area contributed by atoms with E-state index in [1.807, 2.05) is 51.1 Å². The van der Waals surface area contributed by atoms with E-state index in [1.54, 1.807) is 6.07 Å². The average molecular weight is 303 g/mol. The van der Waals surface area contributed by atoms with Crippen molar-refractivity contribution < 1.29 is 4.79 Å². The molecule has 0 aliphatic carbocycles. The fourth-order valence-corrected chi connectivity index (χ4v) is 2.29. The van der Waals surface area contributed by atoms with Crippen LogP contribution in [-0.4, -0.2) is 12.5 Å². The molecule has 0 aromatic heterocycles. The molecule has 1 amide bonds. The van der Waals surface area contributed by atoms with E-state index in [4.69, 9.17) is 11.6 Å². The van der Waals surface area contributed by atoms with Crippen molar-refractivity contribution in [2.45, 2.75) is 20.8 Å². The molecule has 2 aromatic rings. The van der Waals surface area contributed by atoms with Crippen LogP contribution in [0.3, 0.4) is 0 Å². The zero-order valence-corrected chi connectivity index (χ0v) is 13.2. The van der Waals surface area contributed by atoms with Crippen LogP contribution in [0.2, 0.25) is 5.02 Å². The van der Waals surface area contributed by atoms with Gasteiger partial charge in [-0.1, -0.05) is 23.7 Å². The number of amides is 1. The lowest BCUT2D eigenvalue weighted by Gasteiger charge is -2.12. The van der Waals surface area contributed by atoms with Crippen LogP contribution in [0.4, 0.5) is 11.4 Å². The molecule has 0 aliphatic heterocycles. The molecule has 0 heterocycles. The van der Waals surface area contributed by atoms with Crippen molar-refractivity contribution in [1.82, 2.24) is 0 Å². The Bertz CT molecular complexity index is 668. The first-order valence-electron chi connectivity index (χ1n) is 6.83. The van der Waals surface area contributed by atoms with Crippen LogP contribution < -0.4 is 10.6 Å². The molecule has 4 heteroatoms. The van der Waals surface area contributed by atoms with Gasteiger partial charge in [0.2, 0.25) is 5.91 Å². The number of aryl methyl sites for hydroxylation is 3. The fraction of sp³-hybridized carbons (Fsp3) is 0.235. The first-order valence-corrected chi connectivity index (χ1v) is 7.20. The number of hydrogen-bond donors (Lipinski definition) is 2. The minimum Gasteiger partial charge on any atom is -0.376 e. The van der Waals surface area contributed by atoms with E-state index in [1.165, 1.54) is 0 Å². The Morgan fingerprint density at radius 2 is 1.76 bits per heavy atom. The third kappa shape index (κ3) is 4.23. The maximum Gasteiger partial charge on any atom is 0.243 e. The molecule has 0 bridgehead atoms. The van der Waals surface area contributed by atoms with E-state index in [-0.39, 0.29) is 12.5 Å². The molecule has 3 nitrogen and oxygen atoms in total. The lowest BCUT2D eigenvalue weighted by atomic mass is 10.1. The Hall–Kier alpha value is -2.00. The number of anilines is 2. The third-order valence-corrected chi connectivity index (χ3v) is 3.53. The van der Waals surface area contributed by atoms with Crippen molar-refractivity contribution in [3.05, 3.63) is 58.1 Å². The Labute approximate surface area is 130 Å². The smallest absolute Gasteiger partial charge is 0.243 e. The molecule has 110 valence electrons. The van der Waals surface area contributed by atoms with Crippen molar-refractivity contribution in [2.75, 3.05) is 17.2 Å². The number of halogens is 1. The van der Waals surface area contributed by atoms with Gasteiger partial charge in [0.1, 0.15) is 0 Å². The van der Waals surface area contributed by atoms with Gasteiger partial charge in [-0.25, -0.2) is 0 Å². The van der Waals surface area contributed by atoms with Crippen LogP contribution in [0.15, 0.2) is 36.4 Å². The van der Waals surface area contributed by atoms with Gasteiger partial charge in [0, 0.05) is 16.4 Å². The minimum absolute atomic E-state index is 0.0712. The molecule has 2 aromatic carbocycles. The highest BCUT2D eigenvalue weighted by Crippen LogP contribution is 2.20. The van der Waals surface area contributed by atoms with Gasteiger partial charge in [-0.15, -0.1) is 0 Å². The molecule has 0 spiro atoms. The van der Waals surface area contributed by atoms with E-state index >= 15 is 0 Å². The summed E-state index contributed by atoms with van der Waals surface area (Å²) in [6.07, 6.45) is 0. The van der Waals surface area contributed by atoms with Crippen LogP contribution in [0, 0.1) is 20.8 Å². The number of rotatable bonds is 4. The highest BCUT2D eigenvalue weighted by Gasteiger charge is 2.06. The Morgan fingerprint density at radius 3 is 2.48 bits per heavy atom. The summed E-state index contributed by atoms with van der Waals surface area (Å²) in [5.41, 5.74) is 4.96. The molecular weight excluding hydrogens is 284 g/mol. The number of nitrogens with one attached hydrogen (secondary N) is 2. The maximum absolute atomic E-state index is 12.0. The molecule has 21 heavy (non-hydrogen) atoms. The van der Waals surface area contributed by atoms with Crippen molar-refractivity contribution >= 4 is 28.9 Å². The van der Waals surface area contributed by atoms with Crippen molar-refractivity contribution in [3.63, 3.8) is 0 Å². The Morgan fingerprint density at radius 1 is 1.00 bits per heavy atom. The summed E-state index contributed by atoms with van der Waals surface area (Å²) >= 11 is 5.91. The van der Waals surface area contributed by atoms with E-state index in [9.17, 15) is 4.79 Å². The molecule has 0 unspecified atom stereocenters. The normalized spacial score (nSPS) is 10.3. The van der Waals surface area contributed by atoms with Crippen molar-refractivity contribution in [2.24, 2.45) is 0 Å². The second-order valence-electron chi connectivity index (χ2n) is 5.18. The topological polar surface area (TPSA) is 41.1 Å². The summed E-state index contributed by atoms with van der Waals surface area (Å²) in [4.78, 5) is 12.0. The van der Waals surface area contributed by atoms with Gasteiger partial charge in [0.05, 0.1) is 6.54 Å². The van der Waals surface area contributed by atoms with E-state index in [0.29, 0.717) is 5.02 Å². The summed E-state index contributed by atoms with van der Waals surface area (Å²) in [5.74, 6) is -0.0712. The highest BCUT2D eigenvalue weighted by molar-refractivity contribution is 6.30. The van der Waals surface area contributed by atoms with Crippen LogP contribution >= 0.6 is 11.6 Å². The summed E-state index contributed by atoms with van der Waals surface area (Å²) in [7, 11) is 0. The number of hydrogen-bond acceptors (Lipinski definition) is 2. The predicted octanol–water partition coefficient (Wildman–Crippen LogP) is 4.32. The molecule has 0 saturated carbocycles. The Balaban J connectivity index is 1.97. The van der Waals surface area contributed by atoms with E-state index in [2.05, 4.69) is 10.6 Å². The molecular formula is C17H19ClN2O.